The number of amides is 2. The standard InChI is InChI=1S/C21H32N2O4/c1-27-19(25)17-3-6-23(7-4-17)18(24)2-5-22-20(26)21-11-14-8-15(12-21)10-16(9-14)13-21/h14-17H,2-13H2,1H3,(H,22,26). The molecule has 4 saturated carbocycles. The highest BCUT2D eigenvalue weighted by molar-refractivity contribution is 5.84. The van der Waals surface area contributed by atoms with Gasteiger partial charge in [0, 0.05) is 31.5 Å². The minimum atomic E-state index is -0.176. The molecule has 27 heavy (non-hydrogen) atoms. The van der Waals surface area contributed by atoms with Gasteiger partial charge in [-0.1, -0.05) is 0 Å². The second kappa shape index (κ2) is 7.44. The van der Waals surface area contributed by atoms with E-state index >= 15 is 0 Å². The second-order valence-electron chi connectivity index (χ2n) is 9.38. The maximum atomic E-state index is 12.9. The minimum Gasteiger partial charge on any atom is -0.469 e. The van der Waals surface area contributed by atoms with Crippen LogP contribution in [-0.4, -0.2) is 49.4 Å². The zero-order valence-corrected chi connectivity index (χ0v) is 16.4. The van der Waals surface area contributed by atoms with Crippen molar-refractivity contribution >= 4 is 17.8 Å². The van der Waals surface area contributed by atoms with Crippen LogP contribution in [0, 0.1) is 29.1 Å². The molecule has 5 fully saturated rings. The molecule has 6 nitrogen and oxygen atoms in total. The van der Waals surface area contributed by atoms with Gasteiger partial charge in [0.15, 0.2) is 0 Å². The number of nitrogens with one attached hydrogen (secondary N) is 1. The van der Waals surface area contributed by atoms with Gasteiger partial charge in [-0.25, -0.2) is 0 Å². The quantitative estimate of drug-likeness (QED) is 0.746. The molecule has 5 aliphatic rings. The van der Waals surface area contributed by atoms with E-state index in [1.54, 1.807) is 0 Å². The molecule has 6 heteroatoms. The highest BCUT2D eigenvalue weighted by Crippen LogP contribution is 2.60. The monoisotopic (exact) mass is 376 g/mol. The number of carbonyl (C=O) groups is 3. The zero-order valence-electron chi connectivity index (χ0n) is 16.4. The summed E-state index contributed by atoms with van der Waals surface area (Å²) in [6.45, 7) is 1.62. The van der Waals surface area contributed by atoms with Crippen LogP contribution in [0.15, 0.2) is 0 Å². The van der Waals surface area contributed by atoms with Crippen LogP contribution in [0.3, 0.4) is 0 Å². The summed E-state index contributed by atoms with van der Waals surface area (Å²) in [6.07, 6.45) is 8.82. The fraction of sp³-hybridized carbons (Fsp3) is 0.857. The highest BCUT2D eigenvalue weighted by Gasteiger charge is 2.54. The van der Waals surface area contributed by atoms with Crippen LogP contribution < -0.4 is 5.32 Å². The normalized spacial score (nSPS) is 35.1. The number of rotatable bonds is 5. The molecule has 0 unspecified atom stereocenters. The first-order valence-corrected chi connectivity index (χ1v) is 10.6. The summed E-state index contributed by atoms with van der Waals surface area (Å²) < 4.78 is 4.79. The van der Waals surface area contributed by atoms with Gasteiger partial charge in [0.2, 0.25) is 11.8 Å². The van der Waals surface area contributed by atoms with Gasteiger partial charge in [-0.15, -0.1) is 0 Å². The van der Waals surface area contributed by atoms with Gasteiger partial charge in [-0.3, -0.25) is 14.4 Å². The number of carbonyl (C=O) groups excluding carboxylic acids is 3. The Morgan fingerprint density at radius 3 is 2.07 bits per heavy atom. The van der Waals surface area contributed by atoms with Gasteiger partial charge in [0.25, 0.3) is 0 Å². The van der Waals surface area contributed by atoms with Gasteiger partial charge in [-0.05, 0) is 69.1 Å². The molecule has 0 aromatic heterocycles. The van der Waals surface area contributed by atoms with Gasteiger partial charge in [-0.2, -0.15) is 0 Å². The summed E-state index contributed by atoms with van der Waals surface area (Å²) in [6, 6.07) is 0. The van der Waals surface area contributed by atoms with Crippen LogP contribution in [0.2, 0.25) is 0 Å². The lowest BCUT2D eigenvalue weighted by molar-refractivity contribution is -0.149. The largest absolute Gasteiger partial charge is 0.469 e. The summed E-state index contributed by atoms with van der Waals surface area (Å²) in [5, 5.41) is 3.09. The lowest BCUT2D eigenvalue weighted by Crippen LogP contribution is -2.54. The molecular weight excluding hydrogens is 344 g/mol. The van der Waals surface area contributed by atoms with Crippen molar-refractivity contribution < 1.29 is 19.1 Å². The van der Waals surface area contributed by atoms with E-state index in [1.807, 2.05) is 4.90 Å². The SMILES string of the molecule is COC(=O)C1CCN(C(=O)CCNC(=O)C23CC4CC(CC(C4)C2)C3)CC1. The number of nitrogens with zero attached hydrogens (tertiary/aromatic N) is 1. The van der Waals surface area contributed by atoms with E-state index < -0.39 is 0 Å². The molecule has 0 spiro atoms. The number of methoxy groups -OCH3 is 1. The molecule has 1 aliphatic heterocycles. The van der Waals surface area contributed by atoms with Crippen LogP contribution in [-0.2, 0) is 19.1 Å². The zero-order chi connectivity index (χ0) is 19.0. The van der Waals surface area contributed by atoms with E-state index in [-0.39, 0.29) is 29.1 Å². The van der Waals surface area contributed by atoms with Crippen LogP contribution in [0.4, 0.5) is 0 Å². The molecule has 2 amide bonds. The predicted octanol–water partition coefficient (Wildman–Crippen LogP) is 2.12. The molecule has 4 bridgehead atoms. The Hall–Kier alpha value is -1.59. The lowest BCUT2D eigenvalue weighted by Gasteiger charge is -2.55. The second-order valence-corrected chi connectivity index (χ2v) is 9.38. The molecule has 4 aliphatic carbocycles. The van der Waals surface area contributed by atoms with E-state index in [4.69, 9.17) is 4.74 Å². The topological polar surface area (TPSA) is 75.7 Å². The summed E-state index contributed by atoms with van der Waals surface area (Å²) in [5.41, 5.74) is -0.142. The van der Waals surface area contributed by atoms with Crippen LogP contribution in [0.1, 0.15) is 57.8 Å². The highest BCUT2D eigenvalue weighted by atomic mass is 16.5. The molecule has 0 aromatic rings. The lowest BCUT2D eigenvalue weighted by atomic mass is 9.49. The van der Waals surface area contributed by atoms with Crippen molar-refractivity contribution in [2.24, 2.45) is 29.1 Å². The third-order valence-corrected chi connectivity index (χ3v) is 7.53. The first-order valence-electron chi connectivity index (χ1n) is 10.6. The summed E-state index contributed by atoms with van der Waals surface area (Å²) in [7, 11) is 1.41. The summed E-state index contributed by atoms with van der Waals surface area (Å²) in [5.74, 6) is 2.25. The Morgan fingerprint density at radius 2 is 1.56 bits per heavy atom. The van der Waals surface area contributed by atoms with E-state index in [9.17, 15) is 14.4 Å². The van der Waals surface area contributed by atoms with Crippen molar-refractivity contribution in [3.8, 4) is 0 Å². The smallest absolute Gasteiger partial charge is 0.308 e. The first kappa shape index (κ1) is 18.8. The Morgan fingerprint density at radius 1 is 1.00 bits per heavy atom. The maximum absolute atomic E-state index is 12.9. The molecule has 0 radical (unpaired) electrons. The van der Waals surface area contributed by atoms with Gasteiger partial charge in [0.05, 0.1) is 13.0 Å². The van der Waals surface area contributed by atoms with Crippen LogP contribution in [0.5, 0.6) is 0 Å². The molecule has 0 aromatic carbocycles. The van der Waals surface area contributed by atoms with E-state index in [0.29, 0.717) is 38.9 Å². The molecule has 150 valence electrons. The Labute approximate surface area is 161 Å². The summed E-state index contributed by atoms with van der Waals surface area (Å²) in [4.78, 5) is 38.7. The Bertz CT molecular complexity index is 574. The van der Waals surface area contributed by atoms with Crippen molar-refractivity contribution in [2.45, 2.75) is 57.8 Å². The molecular formula is C21H32N2O4. The average molecular weight is 376 g/mol. The van der Waals surface area contributed by atoms with E-state index in [1.165, 1.54) is 26.4 Å². The number of ether oxygens (including phenoxy) is 1. The fourth-order valence-electron chi connectivity index (χ4n) is 6.55. The Kier molecular flexibility index (Phi) is 5.17. The predicted molar refractivity (Wildman–Crippen MR) is 99.6 cm³/mol. The van der Waals surface area contributed by atoms with E-state index in [2.05, 4.69) is 5.32 Å². The number of hydrogen-bond donors (Lipinski definition) is 1. The molecule has 1 heterocycles. The maximum Gasteiger partial charge on any atom is 0.308 e. The van der Waals surface area contributed by atoms with Crippen molar-refractivity contribution in [1.82, 2.24) is 10.2 Å². The molecule has 5 rings (SSSR count). The molecule has 0 atom stereocenters. The van der Waals surface area contributed by atoms with E-state index in [0.717, 1.165) is 37.0 Å². The third kappa shape index (κ3) is 3.72. The fourth-order valence-corrected chi connectivity index (χ4v) is 6.55. The van der Waals surface area contributed by atoms with Gasteiger partial charge >= 0.3 is 5.97 Å². The van der Waals surface area contributed by atoms with Gasteiger partial charge < -0.3 is 15.0 Å². The van der Waals surface area contributed by atoms with Crippen LogP contribution in [0.25, 0.3) is 0 Å². The number of hydrogen-bond acceptors (Lipinski definition) is 4. The number of esters is 1. The van der Waals surface area contributed by atoms with Crippen LogP contribution >= 0.6 is 0 Å². The summed E-state index contributed by atoms with van der Waals surface area (Å²) >= 11 is 0. The van der Waals surface area contributed by atoms with Crippen molar-refractivity contribution in [1.29, 1.82) is 0 Å². The molecule has 1 saturated heterocycles. The number of likely N-dealkylation sites (tertiary alicyclic amines) is 1. The number of piperidine rings is 1. The first-order chi connectivity index (χ1) is 13.0. The van der Waals surface area contributed by atoms with Crippen molar-refractivity contribution in [3.63, 3.8) is 0 Å². The minimum absolute atomic E-state index is 0.0733. The molecule has 1 N–H and O–H groups in total. The third-order valence-electron chi connectivity index (χ3n) is 7.53. The van der Waals surface area contributed by atoms with Gasteiger partial charge in [0.1, 0.15) is 0 Å². The average Bonchev–Trinajstić information content (AvgIpc) is 2.66. The Balaban J connectivity index is 1.22. The van der Waals surface area contributed by atoms with Crippen molar-refractivity contribution in [2.75, 3.05) is 26.7 Å². The van der Waals surface area contributed by atoms with Crippen molar-refractivity contribution in [3.05, 3.63) is 0 Å².